The van der Waals surface area contributed by atoms with Gasteiger partial charge in [-0.3, -0.25) is 0 Å². The van der Waals surface area contributed by atoms with Gasteiger partial charge in [-0.15, -0.1) is 0 Å². The van der Waals surface area contributed by atoms with Crippen molar-refractivity contribution >= 4 is 11.4 Å². The van der Waals surface area contributed by atoms with Gasteiger partial charge < -0.3 is 0 Å². The Morgan fingerprint density at radius 1 is 0.744 bits per heavy atom. The van der Waals surface area contributed by atoms with Crippen molar-refractivity contribution in [2.24, 2.45) is 0 Å². The first-order valence-corrected chi connectivity index (χ1v) is 19.4. The molecule has 0 fully saturated rings. The number of halogens is 1. The van der Waals surface area contributed by atoms with Crippen LogP contribution in [-0.4, -0.2) is 30.1 Å². The Morgan fingerprint density at radius 3 is 2.10 bits per heavy atom. The van der Waals surface area contributed by atoms with Gasteiger partial charge in [0.15, 0.2) is 0 Å². The van der Waals surface area contributed by atoms with E-state index in [9.17, 15) is 0 Å². The van der Waals surface area contributed by atoms with Crippen LogP contribution in [0.15, 0.2) is 84.9 Å². The molecular weight excluding hydrogens is 597 g/mol. The average Bonchev–Trinajstić information content (AvgIpc) is 2.90. The van der Waals surface area contributed by atoms with E-state index < -0.39 is 19.3 Å². The van der Waals surface area contributed by atoms with Gasteiger partial charge >= 0.3 is 239 Å². The number of benzene rings is 4. The van der Waals surface area contributed by atoms with Gasteiger partial charge in [0.25, 0.3) is 0 Å². The molecule has 4 nitrogen and oxygen atoms in total. The number of nitrogens with zero attached hydrogens (tertiary/aromatic N) is 1. The SMILES string of the molecule is COCCN1c2ccccc2-c2cccc(-c3ccccc3)c2O[I-](C)(C)Oc2c1cc(C)cc2C(C)(C)C. The summed E-state index contributed by atoms with van der Waals surface area (Å²) in [5, 5.41) is 0. The van der Waals surface area contributed by atoms with Gasteiger partial charge in [-0.25, -0.2) is 0 Å². The van der Waals surface area contributed by atoms with Crippen LogP contribution >= 0.6 is 0 Å². The topological polar surface area (TPSA) is 30.9 Å². The number of hydrogen-bond acceptors (Lipinski definition) is 4. The fourth-order valence-corrected chi connectivity index (χ4v) is 8.30. The summed E-state index contributed by atoms with van der Waals surface area (Å²) in [7, 11) is 1.76. The Morgan fingerprint density at radius 2 is 1.38 bits per heavy atom. The minimum absolute atomic E-state index is 0.114. The van der Waals surface area contributed by atoms with Crippen LogP contribution < -0.4 is 30.3 Å². The molecule has 1 heterocycles. The van der Waals surface area contributed by atoms with Gasteiger partial charge in [0.1, 0.15) is 0 Å². The summed E-state index contributed by atoms with van der Waals surface area (Å²) in [6.07, 6.45) is 0. The van der Waals surface area contributed by atoms with E-state index in [0.29, 0.717) is 13.2 Å². The van der Waals surface area contributed by atoms with Crippen molar-refractivity contribution in [1.82, 2.24) is 0 Å². The molecule has 0 aromatic heterocycles. The molecule has 0 saturated heterocycles. The third-order valence-electron chi connectivity index (χ3n) is 6.94. The molecule has 1 aliphatic heterocycles. The van der Waals surface area contributed by atoms with Crippen LogP contribution in [0.2, 0.25) is 0 Å². The summed E-state index contributed by atoms with van der Waals surface area (Å²) in [6, 6.07) is 30.1. The Hall–Kier alpha value is -3.03. The van der Waals surface area contributed by atoms with Crippen LogP contribution in [0.4, 0.5) is 11.4 Å². The summed E-state index contributed by atoms with van der Waals surface area (Å²) in [5.74, 6) is 1.80. The molecule has 0 aliphatic carbocycles. The van der Waals surface area contributed by atoms with Crippen LogP contribution in [0.1, 0.15) is 31.9 Å². The molecule has 206 valence electrons. The molecule has 0 unspecified atom stereocenters. The predicted molar refractivity (Wildman–Crippen MR) is 159 cm³/mol. The first-order chi connectivity index (χ1) is 18.6. The molecule has 0 bridgehead atoms. The summed E-state index contributed by atoms with van der Waals surface area (Å²) in [4.78, 5) is 6.74. The van der Waals surface area contributed by atoms with Gasteiger partial charge in [0.2, 0.25) is 0 Å². The zero-order chi connectivity index (χ0) is 27.8. The number of fused-ring (bicyclic) bond motifs is 4. The maximum atomic E-state index is 7.12. The number of rotatable bonds is 4. The molecule has 4 aromatic carbocycles. The first-order valence-electron chi connectivity index (χ1n) is 13.3. The van der Waals surface area contributed by atoms with Gasteiger partial charge in [-0.1, -0.05) is 0 Å². The van der Waals surface area contributed by atoms with Crippen molar-refractivity contribution in [2.45, 2.75) is 33.1 Å². The van der Waals surface area contributed by atoms with Gasteiger partial charge in [-0.05, 0) is 0 Å². The molecule has 0 atom stereocenters. The van der Waals surface area contributed by atoms with Crippen molar-refractivity contribution < 1.29 is 30.1 Å². The predicted octanol–water partition coefficient (Wildman–Crippen LogP) is 5.43. The van der Waals surface area contributed by atoms with Crippen molar-refractivity contribution in [3.63, 3.8) is 0 Å². The Bertz CT molecular complexity index is 1470. The van der Waals surface area contributed by atoms with E-state index in [1.165, 1.54) is 11.1 Å². The number of anilines is 2. The average molecular weight is 637 g/mol. The fourth-order valence-electron chi connectivity index (χ4n) is 5.15. The number of para-hydroxylation sites is 2. The molecule has 1 aliphatic rings. The van der Waals surface area contributed by atoms with E-state index in [2.05, 4.69) is 121 Å². The van der Waals surface area contributed by atoms with E-state index >= 15 is 0 Å². The summed E-state index contributed by atoms with van der Waals surface area (Å²) < 4.78 is 19.8. The zero-order valence-electron chi connectivity index (χ0n) is 24.0. The monoisotopic (exact) mass is 636 g/mol. The Balaban J connectivity index is 1.87. The van der Waals surface area contributed by atoms with Crippen LogP contribution in [0.3, 0.4) is 0 Å². The second-order valence-electron chi connectivity index (χ2n) is 11.3. The number of methoxy groups -OCH3 is 1. The normalized spacial score (nSPS) is 15.2. The van der Waals surface area contributed by atoms with E-state index in [-0.39, 0.29) is 5.41 Å². The number of alkyl halides is 2. The summed E-state index contributed by atoms with van der Waals surface area (Å²) in [6.45, 7) is 10.2. The van der Waals surface area contributed by atoms with E-state index in [4.69, 9.17) is 10.9 Å². The molecule has 0 amide bonds. The Labute approximate surface area is 238 Å². The second kappa shape index (κ2) is 10.9. The van der Waals surface area contributed by atoms with E-state index in [1.54, 1.807) is 7.11 Å². The zero-order valence-corrected chi connectivity index (χ0v) is 26.2. The quantitative estimate of drug-likeness (QED) is 0.221. The minimum atomic E-state index is -3.30. The van der Waals surface area contributed by atoms with Crippen molar-refractivity contribution in [1.29, 1.82) is 0 Å². The molecule has 0 N–H and O–H groups in total. The molecule has 0 radical (unpaired) electrons. The van der Waals surface area contributed by atoms with Crippen molar-refractivity contribution in [2.75, 3.05) is 35.0 Å². The van der Waals surface area contributed by atoms with Gasteiger partial charge in [0.05, 0.1) is 0 Å². The van der Waals surface area contributed by atoms with E-state index in [0.717, 1.165) is 45.1 Å². The molecular formula is C34H39INO3-. The molecule has 5 heteroatoms. The third-order valence-corrected chi connectivity index (χ3v) is 9.94. The number of hydrogen-bond donors (Lipinski definition) is 0. The van der Waals surface area contributed by atoms with Crippen LogP contribution in [0.5, 0.6) is 11.5 Å². The number of ether oxygens (including phenoxy) is 1. The molecule has 5 rings (SSSR count). The van der Waals surface area contributed by atoms with Crippen LogP contribution in [0.25, 0.3) is 22.3 Å². The molecule has 0 spiro atoms. The summed E-state index contributed by atoms with van der Waals surface area (Å²) >= 11 is -3.30. The standard InChI is InChI=1S/C34H39INO3/c1-24-22-29(34(2,3)4)33-31(23-24)36(20-21-37-7)30-19-12-11-16-27(30)28-18-13-17-26(25-14-9-8-10-15-25)32(28)38-35(5,6)39-33/h8-19,22-23H,20-21H2,1-7H3/q-1. The van der Waals surface area contributed by atoms with Crippen LogP contribution in [0, 0.1) is 6.92 Å². The van der Waals surface area contributed by atoms with Crippen molar-refractivity contribution in [3.8, 4) is 33.8 Å². The maximum absolute atomic E-state index is 7.12. The molecule has 4 aromatic rings. The number of aryl methyl sites for hydroxylation is 1. The van der Waals surface area contributed by atoms with Gasteiger partial charge in [0, 0.05) is 0 Å². The summed E-state index contributed by atoms with van der Waals surface area (Å²) in [5.41, 5.74) is 8.85. The van der Waals surface area contributed by atoms with Gasteiger partial charge in [-0.2, -0.15) is 0 Å². The van der Waals surface area contributed by atoms with Crippen molar-refractivity contribution in [3.05, 3.63) is 96.1 Å². The molecule has 39 heavy (non-hydrogen) atoms. The first kappa shape index (κ1) is 27.5. The molecule has 0 saturated carbocycles. The Kier molecular flexibility index (Phi) is 7.66. The second-order valence-corrected chi connectivity index (χ2v) is 18.3. The third kappa shape index (κ3) is 5.66. The fraction of sp³-hybridized carbons (Fsp3) is 0.294. The van der Waals surface area contributed by atoms with E-state index in [1.807, 2.05) is 6.07 Å². The van der Waals surface area contributed by atoms with Crippen LogP contribution in [-0.2, 0) is 10.2 Å².